The minimum atomic E-state index is -0.255. The lowest BCUT2D eigenvalue weighted by molar-refractivity contribution is -0.122. The molecule has 0 atom stereocenters. The molecule has 1 aromatic carbocycles. The van der Waals surface area contributed by atoms with Crippen LogP contribution in [0.2, 0.25) is 0 Å². The van der Waals surface area contributed by atoms with Crippen LogP contribution in [-0.4, -0.2) is 35.2 Å². The van der Waals surface area contributed by atoms with Crippen molar-refractivity contribution in [3.63, 3.8) is 0 Å². The predicted octanol–water partition coefficient (Wildman–Crippen LogP) is 2.05. The number of H-pyrrole nitrogens is 1. The molecule has 0 saturated heterocycles. The van der Waals surface area contributed by atoms with Crippen LogP contribution in [-0.2, 0) is 4.79 Å². The molecule has 7 nitrogen and oxygen atoms in total. The molecule has 7 heteroatoms. The van der Waals surface area contributed by atoms with Gasteiger partial charge in [-0.3, -0.25) is 14.7 Å². The molecular weight excluding hydrogens is 308 g/mol. The second-order valence-corrected chi connectivity index (χ2v) is 5.70. The Hall–Kier alpha value is -2.83. The standard InChI is InChI=1S/C17H20N4O3/c1-2-18-16(22)10-24-13-7-5-12(6-8-13)19-17(23)15-9-14(20-21-15)11-3-4-11/h5-9,11H,2-4,10H2,1H3,(H,18,22)(H,19,23)(H,20,21). The number of hydrogen-bond acceptors (Lipinski definition) is 4. The third-order valence-corrected chi connectivity index (χ3v) is 3.70. The molecule has 1 heterocycles. The number of anilines is 1. The zero-order chi connectivity index (χ0) is 16.9. The molecule has 0 spiro atoms. The molecule has 1 aliphatic carbocycles. The average Bonchev–Trinajstić information content (AvgIpc) is 3.31. The predicted molar refractivity (Wildman–Crippen MR) is 89.1 cm³/mol. The lowest BCUT2D eigenvalue weighted by Gasteiger charge is -2.07. The van der Waals surface area contributed by atoms with Gasteiger partial charge in [0.05, 0.1) is 0 Å². The number of nitrogens with zero attached hydrogens (tertiary/aromatic N) is 1. The Kier molecular flexibility index (Phi) is 4.79. The van der Waals surface area contributed by atoms with Crippen LogP contribution < -0.4 is 15.4 Å². The summed E-state index contributed by atoms with van der Waals surface area (Å²) in [6.45, 7) is 2.39. The van der Waals surface area contributed by atoms with Gasteiger partial charge in [0.25, 0.3) is 11.8 Å². The summed E-state index contributed by atoms with van der Waals surface area (Å²) in [5, 5.41) is 12.4. The normalized spacial score (nSPS) is 13.4. The number of carbonyl (C=O) groups excluding carboxylic acids is 2. The van der Waals surface area contributed by atoms with Gasteiger partial charge in [0.1, 0.15) is 5.75 Å². The monoisotopic (exact) mass is 328 g/mol. The van der Waals surface area contributed by atoms with Crippen LogP contribution in [0.4, 0.5) is 5.69 Å². The van der Waals surface area contributed by atoms with E-state index in [0.29, 0.717) is 29.6 Å². The smallest absolute Gasteiger partial charge is 0.276 e. The molecule has 3 rings (SSSR count). The molecule has 2 amide bonds. The molecule has 24 heavy (non-hydrogen) atoms. The molecule has 1 fully saturated rings. The zero-order valence-corrected chi connectivity index (χ0v) is 13.5. The number of aromatic nitrogens is 2. The largest absolute Gasteiger partial charge is 0.484 e. The maximum absolute atomic E-state index is 12.2. The molecule has 1 saturated carbocycles. The topological polar surface area (TPSA) is 96.1 Å². The highest BCUT2D eigenvalue weighted by Crippen LogP contribution is 2.39. The van der Waals surface area contributed by atoms with Crippen LogP contribution in [0.1, 0.15) is 41.9 Å². The van der Waals surface area contributed by atoms with Crippen molar-refractivity contribution in [1.29, 1.82) is 0 Å². The van der Waals surface area contributed by atoms with Gasteiger partial charge in [-0.1, -0.05) is 0 Å². The SMILES string of the molecule is CCNC(=O)COc1ccc(NC(=O)c2cc(C3CC3)[nH]n2)cc1. The highest BCUT2D eigenvalue weighted by Gasteiger charge is 2.26. The van der Waals surface area contributed by atoms with E-state index in [2.05, 4.69) is 20.8 Å². The van der Waals surface area contributed by atoms with Gasteiger partial charge < -0.3 is 15.4 Å². The van der Waals surface area contributed by atoms with Gasteiger partial charge in [-0.15, -0.1) is 0 Å². The Morgan fingerprint density at radius 3 is 2.71 bits per heavy atom. The van der Waals surface area contributed by atoms with Crippen LogP contribution in [0.3, 0.4) is 0 Å². The minimum absolute atomic E-state index is 0.0310. The van der Waals surface area contributed by atoms with Gasteiger partial charge in [0, 0.05) is 23.8 Å². The van der Waals surface area contributed by atoms with Gasteiger partial charge >= 0.3 is 0 Å². The van der Waals surface area contributed by atoms with E-state index >= 15 is 0 Å². The van der Waals surface area contributed by atoms with E-state index in [4.69, 9.17) is 4.74 Å². The molecule has 0 radical (unpaired) electrons. The van der Waals surface area contributed by atoms with Crippen molar-refractivity contribution in [2.75, 3.05) is 18.5 Å². The average molecular weight is 328 g/mol. The van der Waals surface area contributed by atoms with E-state index in [9.17, 15) is 9.59 Å². The van der Waals surface area contributed by atoms with Crippen molar-refractivity contribution in [2.45, 2.75) is 25.7 Å². The van der Waals surface area contributed by atoms with Crippen LogP contribution in [0.25, 0.3) is 0 Å². The van der Waals surface area contributed by atoms with Crippen molar-refractivity contribution < 1.29 is 14.3 Å². The van der Waals surface area contributed by atoms with Crippen LogP contribution >= 0.6 is 0 Å². The van der Waals surface area contributed by atoms with E-state index in [-0.39, 0.29) is 18.4 Å². The fraction of sp³-hybridized carbons (Fsp3) is 0.353. The third-order valence-electron chi connectivity index (χ3n) is 3.70. The summed E-state index contributed by atoms with van der Waals surface area (Å²) >= 11 is 0. The van der Waals surface area contributed by atoms with Crippen LogP contribution in [0.5, 0.6) is 5.75 Å². The molecule has 1 aliphatic rings. The van der Waals surface area contributed by atoms with Crippen molar-refractivity contribution in [2.24, 2.45) is 0 Å². The third kappa shape index (κ3) is 4.13. The number of likely N-dealkylation sites (N-methyl/N-ethyl adjacent to an activating group) is 1. The number of benzene rings is 1. The van der Waals surface area contributed by atoms with E-state index in [1.54, 1.807) is 30.3 Å². The molecule has 1 aromatic heterocycles. The van der Waals surface area contributed by atoms with E-state index in [0.717, 1.165) is 18.5 Å². The first-order valence-corrected chi connectivity index (χ1v) is 8.02. The summed E-state index contributed by atoms with van der Waals surface area (Å²) < 4.78 is 5.36. The van der Waals surface area contributed by atoms with Gasteiger partial charge in [-0.25, -0.2) is 0 Å². The number of nitrogens with one attached hydrogen (secondary N) is 3. The lowest BCUT2D eigenvalue weighted by atomic mass is 10.2. The quantitative estimate of drug-likeness (QED) is 0.725. The highest BCUT2D eigenvalue weighted by atomic mass is 16.5. The first-order valence-electron chi connectivity index (χ1n) is 8.02. The summed E-state index contributed by atoms with van der Waals surface area (Å²) in [6, 6.07) is 8.65. The van der Waals surface area contributed by atoms with Gasteiger partial charge in [-0.2, -0.15) is 5.10 Å². The second kappa shape index (κ2) is 7.16. The molecule has 126 valence electrons. The summed E-state index contributed by atoms with van der Waals surface area (Å²) in [5.41, 5.74) is 2.05. The van der Waals surface area contributed by atoms with Crippen molar-refractivity contribution >= 4 is 17.5 Å². The molecule has 0 bridgehead atoms. The van der Waals surface area contributed by atoms with E-state index < -0.39 is 0 Å². The maximum atomic E-state index is 12.2. The Bertz CT molecular complexity index is 720. The molecule has 0 unspecified atom stereocenters. The first kappa shape index (κ1) is 16.0. The number of aromatic amines is 1. The number of carbonyl (C=O) groups is 2. The number of ether oxygens (including phenoxy) is 1. The van der Waals surface area contributed by atoms with Crippen molar-refractivity contribution in [1.82, 2.24) is 15.5 Å². The maximum Gasteiger partial charge on any atom is 0.276 e. The van der Waals surface area contributed by atoms with Gasteiger partial charge in [0.2, 0.25) is 0 Å². The fourth-order valence-corrected chi connectivity index (χ4v) is 2.28. The molecule has 0 aliphatic heterocycles. The molecular formula is C17H20N4O3. The van der Waals surface area contributed by atoms with E-state index in [1.807, 2.05) is 6.92 Å². The molecule has 3 N–H and O–H groups in total. The fourth-order valence-electron chi connectivity index (χ4n) is 2.28. The summed E-state index contributed by atoms with van der Waals surface area (Å²) in [4.78, 5) is 23.5. The molecule has 2 aromatic rings. The summed E-state index contributed by atoms with van der Waals surface area (Å²) in [6.07, 6.45) is 2.31. The van der Waals surface area contributed by atoms with Gasteiger partial charge in [0.15, 0.2) is 12.3 Å². The van der Waals surface area contributed by atoms with Crippen molar-refractivity contribution in [3.8, 4) is 5.75 Å². The zero-order valence-electron chi connectivity index (χ0n) is 13.5. The Morgan fingerprint density at radius 1 is 1.29 bits per heavy atom. The number of rotatable bonds is 7. The van der Waals surface area contributed by atoms with Crippen molar-refractivity contribution in [3.05, 3.63) is 41.7 Å². The minimum Gasteiger partial charge on any atom is -0.484 e. The lowest BCUT2D eigenvalue weighted by Crippen LogP contribution is -2.28. The summed E-state index contributed by atoms with van der Waals surface area (Å²) in [7, 11) is 0. The van der Waals surface area contributed by atoms with Crippen LogP contribution in [0, 0.1) is 0 Å². The highest BCUT2D eigenvalue weighted by molar-refractivity contribution is 6.02. The summed E-state index contributed by atoms with van der Waals surface area (Å²) in [5.74, 6) is 0.671. The number of hydrogen-bond donors (Lipinski definition) is 3. The van der Waals surface area contributed by atoms with Gasteiger partial charge in [-0.05, 0) is 50.1 Å². The number of amides is 2. The Balaban J connectivity index is 1.53. The Morgan fingerprint density at radius 2 is 2.04 bits per heavy atom. The Labute approximate surface area is 139 Å². The second-order valence-electron chi connectivity index (χ2n) is 5.70. The van der Waals surface area contributed by atoms with Crippen LogP contribution in [0.15, 0.2) is 30.3 Å². The van der Waals surface area contributed by atoms with E-state index in [1.165, 1.54) is 0 Å². The first-order chi connectivity index (χ1) is 11.7.